The highest BCUT2D eigenvalue weighted by atomic mass is 32.2. The number of sulfone groups is 1. The first-order valence-corrected chi connectivity index (χ1v) is 7.54. The summed E-state index contributed by atoms with van der Waals surface area (Å²) in [5, 5.41) is 2.50. The molecule has 0 aliphatic carbocycles. The minimum atomic E-state index is -3.07. The van der Waals surface area contributed by atoms with Crippen LogP contribution in [0.25, 0.3) is 0 Å². The van der Waals surface area contributed by atoms with Crippen LogP contribution in [-0.2, 0) is 14.6 Å². The van der Waals surface area contributed by atoms with Crippen molar-refractivity contribution in [1.29, 1.82) is 0 Å². The molecule has 1 heterocycles. The van der Waals surface area contributed by atoms with Crippen LogP contribution in [0.2, 0.25) is 0 Å². The molecule has 0 radical (unpaired) electrons. The van der Waals surface area contributed by atoms with Crippen LogP contribution in [0.15, 0.2) is 0 Å². The van der Waals surface area contributed by atoms with Gasteiger partial charge in [0.2, 0.25) is 0 Å². The third-order valence-electron chi connectivity index (χ3n) is 3.10. The normalized spacial score (nSPS) is 28.6. The summed E-state index contributed by atoms with van der Waals surface area (Å²) in [6.45, 7) is 8.73. The molecule has 5 heteroatoms. The van der Waals surface area contributed by atoms with E-state index in [2.05, 4.69) is 5.32 Å². The fraction of sp³-hybridized carbons (Fsp3) is 1.00. The third-order valence-corrected chi connectivity index (χ3v) is 5.85. The molecule has 16 heavy (non-hydrogen) atoms. The predicted molar refractivity (Wildman–Crippen MR) is 65.3 cm³/mol. The zero-order valence-electron chi connectivity index (χ0n) is 10.6. The second kappa shape index (κ2) is 5.47. The van der Waals surface area contributed by atoms with E-state index >= 15 is 0 Å². The Morgan fingerprint density at radius 3 is 2.44 bits per heavy atom. The first kappa shape index (κ1) is 13.9. The third kappa shape index (κ3) is 3.18. The standard InChI is InChI=1S/C11H23NO3S/c1-8(2)12-7-9(3)16(13,14)11-5-6-15-10(11)4/h8-12H,5-7H2,1-4H3. The topological polar surface area (TPSA) is 55.4 Å². The Morgan fingerprint density at radius 1 is 1.38 bits per heavy atom. The number of hydrogen-bond acceptors (Lipinski definition) is 4. The lowest BCUT2D eigenvalue weighted by atomic mass is 10.3. The molecule has 0 saturated carbocycles. The van der Waals surface area contributed by atoms with Crippen LogP contribution in [0, 0.1) is 0 Å². The van der Waals surface area contributed by atoms with Gasteiger partial charge in [-0.3, -0.25) is 0 Å². The second-order valence-electron chi connectivity index (χ2n) is 4.87. The number of rotatable bonds is 5. The van der Waals surface area contributed by atoms with Crippen molar-refractivity contribution in [3.63, 3.8) is 0 Å². The molecule has 96 valence electrons. The van der Waals surface area contributed by atoms with E-state index in [1.807, 2.05) is 20.8 Å². The van der Waals surface area contributed by atoms with Gasteiger partial charge in [0.1, 0.15) is 0 Å². The van der Waals surface area contributed by atoms with E-state index in [0.29, 0.717) is 25.6 Å². The average Bonchev–Trinajstić information content (AvgIpc) is 2.61. The molecule has 1 fully saturated rings. The summed E-state index contributed by atoms with van der Waals surface area (Å²) in [5.41, 5.74) is 0. The highest BCUT2D eigenvalue weighted by Gasteiger charge is 2.38. The quantitative estimate of drug-likeness (QED) is 0.788. The molecule has 1 saturated heterocycles. The molecule has 3 atom stereocenters. The minimum absolute atomic E-state index is 0.161. The smallest absolute Gasteiger partial charge is 0.159 e. The monoisotopic (exact) mass is 249 g/mol. The summed E-state index contributed by atoms with van der Waals surface area (Å²) in [4.78, 5) is 0. The molecule has 1 N–H and O–H groups in total. The van der Waals surface area contributed by atoms with Crippen molar-refractivity contribution in [3.8, 4) is 0 Å². The maximum absolute atomic E-state index is 12.2. The van der Waals surface area contributed by atoms with Crippen LogP contribution in [0.4, 0.5) is 0 Å². The van der Waals surface area contributed by atoms with Gasteiger partial charge >= 0.3 is 0 Å². The van der Waals surface area contributed by atoms with Gasteiger partial charge in [0.15, 0.2) is 9.84 Å². The SMILES string of the molecule is CC(C)NCC(C)S(=O)(=O)C1CCOC1C. The lowest BCUT2D eigenvalue weighted by molar-refractivity contribution is 0.126. The van der Waals surface area contributed by atoms with Gasteiger partial charge in [-0.25, -0.2) is 8.42 Å². The van der Waals surface area contributed by atoms with E-state index in [1.54, 1.807) is 6.92 Å². The van der Waals surface area contributed by atoms with E-state index in [9.17, 15) is 8.42 Å². The summed E-state index contributed by atoms with van der Waals surface area (Å²) < 4.78 is 29.8. The zero-order chi connectivity index (χ0) is 12.3. The van der Waals surface area contributed by atoms with E-state index < -0.39 is 9.84 Å². The van der Waals surface area contributed by atoms with Crippen LogP contribution >= 0.6 is 0 Å². The summed E-state index contributed by atoms with van der Waals surface area (Å²) in [6, 6.07) is 0.315. The molecule has 0 aromatic heterocycles. The van der Waals surface area contributed by atoms with Gasteiger partial charge in [-0.2, -0.15) is 0 Å². The highest BCUT2D eigenvalue weighted by molar-refractivity contribution is 7.92. The lowest BCUT2D eigenvalue weighted by Crippen LogP contribution is -2.41. The molecule has 0 spiro atoms. The summed E-state index contributed by atoms with van der Waals surface area (Å²) in [6.07, 6.45) is 0.474. The van der Waals surface area contributed by atoms with Gasteiger partial charge in [-0.05, 0) is 20.3 Å². The first-order chi connectivity index (χ1) is 7.35. The van der Waals surface area contributed by atoms with Crippen molar-refractivity contribution in [2.24, 2.45) is 0 Å². The van der Waals surface area contributed by atoms with Crippen molar-refractivity contribution >= 4 is 9.84 Å². The van der Waals surface area contributed by atoms with Crippen molar-refractivity contribution in [3.05, 3.63) is 0 Å². The Morgan fingerprint density at radius 2 is 2.00 bits per heavy atom. The zero-order valence-corrected chi connectivity index (χ0v) is 11.4. The van der Waals surface area contributed by atoms with Crippen LogP contribution in [0.1, 0.15) is 34.1 Å². The van der Waals surface area contributed by atoms with Gasteiger partial charge < -0.3 is 10.1 Å². The lowest BCUT2D eigenvalue weighted by Gasteiger charge is -2.21. The fourth-order valence-electron chi connectivity index (χ4n) is 1.96. The van der Waals surface area contributed by atoms with Crippen LogP contribution < -0.4 is 5.32 Å². The van der Waals surface area contributed by atoms with Gasteiger partial charge in [0.05, 0.1) is 16.6 Å². The molecule has 0 aromatic rings. The Hall–Kier alpha value is -0.130. The Balaban J connectivity index is 2.62. The molecule has 0 bridgehead atoms. The van der Waals surface area contributed by atoms with Crippen molar-refractivity contribution in [2.75, 3.05) is 13.2 Å². The summed E-state index contributed by atoms with van der Waals surface area (Å²) in [5.74, 6) is 0. The Labute approximate surface area is 98.7 Å². The van der Waals surface area contributed by atoms with E-state index in [1.165, 1.54) is 0 Å². The van der Waals surface area contributed by atoms with Crippen LogP contribution in [0.3, 0.4) is 0 Å². The predicted octanol–water partition coefficient (Wildman–Crippen LogP) is 0.965. The Bertz CT molecular complexity index is 313. The second-order valence-corrected chi connectivity index (χ2v) is 7.45. The van der Waals surface area contributed by atoms with Crippen LogP contribution in [0.5, 0.6) is 0 Å². The molecule has 1 rings (SSSR count). The molecule has 0 amide bonds. The van der Waals surface area contributed by atoms with Crippen molar-refractivity contribution < 1.29 is 13.2 Å². The van der Waals surface area contributed by atoms with Gasteiger partial charge in [0.25, 0.3) is 0 Å². The maximum atomic E-state index is 12.2. The average molecular weight is 249 g/mol. The fourth-order valence-corrected chi connectivity index (χ4v) is 3.92. The van der Waals surface area contributed by atoms with E-state index in [0.717, 1.165) is 0 Å². The molecule has 4 nitrogen and oxygen atoms in total. The van der Waals surface area contributed by atoms with E-state index in [4.69, 9.17) is 4.74 Å². The highest BCUT2D eigenvalue weighted by Crippen LogP contribution is 2.23. The molecule has 1 aliphatic heterocycles. The van der Waals surface area contributed by atoms with Crippen LogP contribution in [-0.4, -0.2) is 44.2 Å². The largest absolute Gasteiger partial charge is 0.377 e. The molecule has 3 unspecified atom stereocenters. The molecular weight excluding hydrogens is 226 g/mol. The molecular formula is C11H23NO3S. The maximum Gasteiger partial charge on any atom is 0.159 e. The molecule has 0 aromatic carbocycles. The summed E-state index contributed by atoms with van der Waals surface area (Å²) in [7, 11) is -3.07. The van der Waals surface area contributed by atoms with Crippen molar-refractivity contribution in [2.45, 2.75) is 56.8 Å². The Kier molecular flexibility index (Phi) is 4.76. The number of hydrogen-bond donors (Lipinski definition) is 1. The molecule has 1 aliphatic rings. The number of ether oxygens (including phenoxy) is 1. The van der Waals surface area contributed by atoms with Crippen molar-refractivity contribution in [1.82, 2.24) is 5.32 Å². The van der Waals surface area contributed by atoms with E-state index in [-0.39, 0.29) is 16.6 Å². The minimum Gasteiger partial charge on any atom is -0.377 e. The van der Waals surface area contributed by atoms with Gasteiger partial charge in [-0.15, -0.1) is 0 Å². The van der Waals surface area contributed by atoms with Gasteiger partial charge in [-0.1, -0.05) is 13.8 Å². The first-order valence-electron chi connectivity index (χ1n) is 5.93. The van der Waals surface area contributed by atoms with Gasteiger partial charge in [0, 0.05) is 19.2 Å². The number of nitrogens with one attached hydrogen (secondary N) is 1. The summed E-state index contributed by atoms with van der Waals surface area (Å²) >= 11 is 0.